The molecule has 0 aromatic heterocycles. The molecule has 0 bridgehead atoms. The summed E-state index contributed by atoms with van der Waals surface area (Å²) in [7, 11) is 3.96. The second kappa shape index (κ2) is 11.5. The molecule has 0 saturated carbocycles. The lowest BCUT2D eigenvalue weighted by Gasteiger charge is -2.43. The first kappa shape index (κ1) is 25.9. The third-order valence-corrected chi connectivity index (χ3v) is 6.79. The summed E-state index contributed by atoms with van der Waals surface area (Å²) < 4.78 is 0. The number of likely N-dealkylation sites (N-methyl/N-ethyl adjacent to an activating group) is 1. The number of carbonyl (C=O) groups is 2. The van der Waals surface area contributed by atoms with E-state index >= 15 is 0 Å². The van der Waals surface area contributed by atoms with Crippen LogP contribution in [-0.2, 0) is 4.79 Å². The van der Waals surface area contributed by atoms with Gasteiger partial charge in [-0.2, -0.15) is 0 Å². The smallest absolute Gasteiger partial charge is 0.309 e. The predicted molar refractivity (Wildman–Crippen MR) is 128 cm³/mol. The summed E-state index contributed by atoms with van der Waals surface area (Å²) in [4.78, 5) is 34.7. The van der Waals surface area contributed by atoms with Crippen LogP contribution in [0.2, 0.25) is 0 Å². The molecule has 2 aliphatic heterocycles. The van der Waals surface area contributed by atoms with Crippen molar-refractivity contribution in [2.45, 2.75) is 72.3 Å². The molecule has 0 radical (unpaired) electrons. The molecular formula is C25H46N4O2. The van der Waals surface area contributed by atoms with Crippen LogP contribution in [0.4, 0.5) is 4.79 Å². The summed E-state index contributed by atoms with van der Waals surface area (Å²) in [6, 6.07) is -0.0731. The van der Waals surface area contributed by atoms with E-state index in [1.54, 1.807) is 0 Å². The van der Waals surface area contributed by atoms with E-state index < -0.39 is 5.54 Å². The van der Waals surface area contributed by atoms with E-state index in [1.165, 1.54) is 16.9 Å². The van der Waals surface area contributed by atoms with Crippen LogP contribution in [0.5, 0.6) is 0 Å². The Labute approximate surface area is 190 Å². The summed E-state index contributed by atoms with van der Waals surface area (Å²) >= 11 is 0. The quantitative estimate of drug-likeness (QED) is 0.363. The lowest BCUT2D eigenvalue weighted by Crippen LogP contribution is -2.57. The summed E-state index contributed by atoms with van der Waals surface area (Å²) in [5.74, 6) is 1.19. The Morgan fingerprint density at radius 1 is 1.06 bits per heavy atom. The highest BCUT2D eigenvalue weighted by Crippen LogP contribution is 2.38. The van der Waals surface area contributed by atoms with Gasteiger partial charge in [0.1, 0.15) is 5.54 Å². The molecule has 1 spiro atoms. The molecule has 1 unspecified atom stereocenters. The van der Waals surface area contributed by atoms with Crippen molar-refractivity contribution in [2.24, 2.45) is 11.8 Å². The van der Waals surface area contributed by atoms with E-state index in [4.69, 9.17) is 0 Å². The average molecular weight is 435 g/mol. The van der Waals surface area contributed by atoms with Gasteiger partial charge in [0, 0.05) is 39.3 Å². The fraction of sp³-hybridized carbons (Fsp3) is 0.840. The van der Waals surface area contributed by atoms with Crippen LogP contribution >= 0.6 is 0 Å². The molecule has 2 aliphatic rings. The van der Waals surface area contributed by atoms with E-state index in [0.29, 0.717) is 31.5 Å². The van der Waals surface area contributed by atoms with E-state index in [2.05, 4.69) is 45.6 Å². The van der Waals surface area contributed by atoms with Crippen LogP contribution in [0.1, 0.15) is 66.7 Å². The fourth-order valence-electron chi connectivity index (χ4n) is 4.75. The van der Waals surface area contributed by atoms with Gasteiger partial charge < -0.3 is 14.7 Å². The van der Waals surface area contributed by atoms with Crippen molar-refractivity contribution in [3.8, 4) is 0 Å². The molecule has 6 heteroatoms. The molecule has 2 fully saturated rings. The van der Waals surface area contributed by atoms with E-state index in [1.807, 2.05) is 23.9 Å². The highest BCUT2D eigenvalue weighted by Gasteiger charge is 2.57. The van der Waals surface area contributed by atoms with Gasteiger partial charge in [0.25, 0.3) is 5.91 Å². The van der Waals surface area contributed by atoms with E-state index in [9.17, 15) is 9.59 Å². The number of hydrogen-bond donors (Lipinski definition) is 0. The lowest BCUT2D eigenvalue weighted by atomic mass is 9.85. The molecule has 3 amide bonds. The van der Waals surface area contributed by atoms with Gasteiger partial charge in [0.15, 0.2) is 0 Å². The number of rotatable bonds is 11. The summed E-state index contributed by atoms with van der Waals surface area (Å²) in [5.41, 5.74) is 0.761. The number of imide groups is 1. The fourth-order valence-corrected chi connectivity index (χ4v) is 4.75. The monoisotopic (exact) mass is 434 g/mol. The first-order chi connectivity index (χ1) is 14.6. The van der Waals surface area contributed by atoms with Gasteiger partial charge in [0.2, 0.25) is 0 Å². The molecule has 0 aliphatic carbocycles. The number of nitrogens with zero attached hydrogens (tertiary/aromatic N) is 4. The average Bonchev–Trinajstić information content (AvgIpc) is 2.86. The van der Waals surface area contributed by atoms with E-state index in [0.717, 1.165) is 45.3 Å². The highest BCUT2D eigenvalue weighted by molar-refractivity contribution is 6.07. The number of urea groups is 1. The van der Waals surface area contributed by atoms with E-state index in [-0.39, 0.29) is 11.9 Å². The van der Waals surface area contributed by atoms with Gasteiger partial charge in [-0.1, -0.05) is 32.4 Å². The zero-order valence-corrected chi connectivity index (χ0v) is 21.1. The second-order valence-corrected chi connectivity index (χ2v) is 10.7. The van der Waals surface area contributed by atoms with Crippen molar-refractivity contribution < 1.29 is 9.59 Å². The molecule has 0 aromatic carbocycles. The van der Waals surface area contributed by atoms with Crippen molar-refractivity contribution in [3.05, 3.63) is 11.6 Å². The lowest BCUT2D eigenvalue weighted by molar-refractivity contribution is -0.135. The molecule has 0 aromatic rings. The maximum absolute atomic E-state index is 13.5. The number of amides is 3. The van der Waals surface area contributed by atoms with Crippen molar-refractivity contribution in [2.75, 3.05) is 53.4 Å². The minimum atomic E-state index is -0.625. The van der Waals surface area contributed by atoms with Crippen LogP contribution in [0.25, 0.3) is 0 Å². The number of allylic oxidation sites excluding steroid dienone is 2. The molecule has 2 rings (SSSR count). The van der Waals surface area contributed by atoms with Gasteiger partial charge in [-0.3, -0.25) is 9.69 Å². The largest absolute Gasteiger partial charge is 0.327 e. The molecule has 178 valence electrons. The van der Waals surface area contributed by atoms with Crippen LogP contribution in [0.15, 0.2) is 11.6 Å². The Kier molecular flexibility index (Phi) is 9.56. The third kappa shape index (κ3) is 6.79. The van der Waals surface area contributed by atoms with Crippen molar-refractivity contribution in [3.63, 3.8) is 0 Å². The highest BCUT2D eigenvalue weighted by atomic mass is 16.2. The molecule has 6 nitrogen and oxygen atoms in total. The predicted octanol–water partition coefficient (Wildman–Crippen LogP) is 4.08. The second-order valence-electron chi connectivity index (χ2n) is 10.7. The molecule has 2 saturated heterocycles. The van der Waals surface area contributed by atoms with Crippen molar-refractivity contribution >= 4 is 11.9 Å². The minimum absolute atomic E-state index is 0.0411. The first-order valence-electron chi connectivity index (χ1n) is 12.2. The van der Waals surface area contributed by atoms with Crippen LogP contribution in [0, 0.1) is 11.8 Å². The Morgan fingerprint density at radius 3 is 2.26 bits per heavy atom. The molecule has 1 atom stereocenters. The molecular weight excluding hydrogens is 388 g/mol. The standard InChI is InChI=1S/C25H46N4O2/c1-20(2)9-8-10-22(5)19-27-15-12-25(13-16-27)23(30)28(18-17-26(6)7)24(31)29(25)14-11-21(3)4/h9,21-22H,8,10-19H2,1-7H3. The van der Waals surface area contributed by atoms with Gasteiger partial charge in [-0.05, 0) is 71.9 Å². The van der Waals surface area contributed by atoms with Crippen molar-refractivity contribution in [1.82, 2.24) is 19.6 Å². The topological polar surface area (TPSA) is 47.1 Å². The maximum Gasteiger partial charge on any atom is 0.327 e. The SMILES string of the molecule is CC(C)=CCCC(C)CN1CCC2(CC1)C(=O)N(CCN(C)C)C(=O)N2CCC(C)C. The Bertz CT molecular complexity index is 631. The number of piperidine rings is 1. The summed E-state index contributed by atoms with van der Waals surface area (Å²) in [5, 5.41) is 0. The molecule has 0 N–H and O–H groups in total. The Hall–Kier alpha value is -1.40. The molecule has 31 heavy (non-hydrogen) atoms. The third-order valence-electron chi connectivity index (χ3n) is 6.79. The molecule has 2 heterocycles. The first-order valence-corrected chi connectivity index (χ1v) is 12.2. The summed E-state index contributed by atoms with van der Waals surface area (Å²) in [6.45, 7) is 15.7. The number of carbonyl (C=O) groups excluding carboxylic acids is 2. The van der Waals surface area contributed by atoms with Crippen LogP contribution in [-0.4, -0.2) is 90.4 Å². The summed E-state index contributed by atoms with van der Waals surface area (Å²) in [6.07, 6.45) is 7.11. The number of likely N-dealkylation sites (tertiary alicyclic amines) is 1. The van der Waals surface area contributed by atoms with Gasteiger partial charge in [-0.15, -0.1) is 0 Å². The van der Waals surface area contributed by atoms with Gasteiger partial charge in [-0.25, -0.2) is 4.79 Å². The number of hydrogen-bond acceptors (Lipinski definition) is 4. The van der Waals surface area contributed by atoms with Crippen LogP contribution < -0.4 is 0 Å². The zero-order chi connectivity index (χ0) is 23.2. The maximum atomic E-state index is 13.5. The normalized spacial score (nSPS) is 20.4. The van der Waals surface area contributed by atoms with Crippen LogP contribution in [0.3, 0.4) is 0 Å². The zero-order valence-electron chi connectivity index (χ0n) is 21.1. The van der Waals surface area contributed by atoms with Gasteiger partial charge >= 0.3 is 6.03 Å². The van der Waals surface area contributed by atoms with Gasteiger partial charge in [0.05, 0.1) is 0 Å². The Balaban J connectivity index is 2.04. The Morgan fingerprint density at radius 2 is 1.71 bits per heavy atom. The van der Waals surface area contributed by atoms with Crippen molar-refractivity contribution in [1.29, 1.82) is 0 Å². The minimum Gasteiger partial charge on any atom is -0.309 e.